The molecule has 1 saturated heterocycles. The van der Waals surface area contributed by atoms with E-state index in [1.165, 1.54) is 12.8 Å². The fraction of sp³-hybridized carbons (Fsp3) is 0.917. The molecule has 1 aliphatic carbocycles. The molecule has 86 valence electrons. The van der Waals surface area contributed by atoms with Gasteiger partial charge in [0, 0.05) is 6.04 Å². The second-order valence-corrected chi connectivity index (χ2v) is 5.38. The maximum atomic E-state index is 12.3. The van der Waals surface area contributed by atoms with E-state index >= 15 is 0 Å². The molecule has 0 aromatic carbocycles. The van der Waals surface area contributed by atoms with Crippen molar-refractivity contribution in [2.75, 3.05) is 6.67 Å². The molecule has 3 heteroatoms. The molecule has 0 radical (unpaired) electrons. The average molecular weight is 210 g/mol. The maximum absolute atomic E-state index is 12.3. The van der Waals surface area contributed by atoms with Gasteiger partial charge in [-0.25, -0.2) is 0 Å². The van der Waals surface area contributed by atoms with Crippen molar-refractivity contribution in [3.8, 4) is 0 Å². The SMILES string of the molecule is CC(C)C(C)N1CNC2(CCCC2)C1=O. The molecular formula is C12H22N2O. The van der Waals surface area contributed by atoms with Crippen LogP contribution in [0.2, 0.25) is 0 Å². The average Bonchev–Trinajstić information content (AvgIpc) is 2.77. The van der Waals surface area contributed by atoms with Crippen molar-refractivity contribution in [1.29, 1.82) is 0 Å². The number of amides is 1. The van der Waals surface area contributed by atoms with Crippen molar-refractivity contribution in [2.24, 2.45) is 5.92 Å². The Kier molecular flexibility index (Phi) is 2.75. The highest BCUT2D eigenvalue weighted by atomic mass is 16.2. The zero-order chi connectivity index (χ0) is 11.1. The van der Waals surface area contributed by atoms with Gasteiger partial charge in [-0.2, -0.15) is 0 Å². The van der Waals surface area contributed by atoms with Gasteiger partial charge in [0.15, 0.2) is 0 Å². The lowest BCUT2D eigenvalue weighted by Gasteiger charge is -2.28. The molecule has 0 bridgehead atoms. The number of hydrogen-bond donors (Lipinski definition) is 1. The van der Waals surface area contributed by atoms with E-state index in [0.29, 0.717) is 17.9 Å². The Bertz CT molecular complexity index is 256. The third kappa shape index (κ3) is 1.67. The summed E-state index contributed by atoms with van der Waals surface area (Å²) in [4.78, 5) is 14.4. The van der Waals surface area contributed by atoms with Crippen LogP contribution in [-0.2, 0) is 4.79 Å². The van der Waals surface area contributed by atoms with Gasteiger partial charge in [-0.1, -0.05) is 26.7 Å². The summed E-state index contributed by atoms with van der Waals surface area (Å²) in [5, 5.41) is 3.44. The van der Waals surface area contributed by atoms with E-state index in [4.69, 9.17) is 0 Å². The number of rotatable bonds is 2. The Morgan fingerprint density at radius 1 is 1.27 bits per heavy atom. The monoisotopic (exact) mass is 210 g/mol. The summed E-state index contributed by atoms with van der Waals surface area (Å²) in [6.45, 7) is 7.26. The quantitative estimate of drug-likeness (QED) is 0.753. The Labute approximate surface area is 92.2 Å². The Hall–Kier alpha value is -0.570. The van der Waals surface area contributed by atoms with Gasteiger partial charge in [-0.05, 0) is 25.7 Å². The number of carbonyl (C=O) groups excluding carboxylic acids is 1. The van der Waals surface area contributed by atoms with Crippen LogP contribution in [0.5, 0.6) is 0 Å². The van der Waals surface area contributed by atoms with Crippen LogP contribution in [0, 0.1) is 5.92 Å². The number of nitrogens with one attached hydrogen (secondary N) is 1. The highest BCUT2D eigenvalue weighted by Gasteiger charge is 2.49. The van der Waals surface area contributed by atoms with Crippen molar-refractivity contribution >= 4 is 5.91 Å². The molecule has 2 rings (SSSR count). The molecule has 1 spiro atoms. The Morgan fingerprint density at radius 3 is 2.40 bits per heavy atom. The van der Waals surface area contributed by atoms with Crippen LogP contribution in [0.3, 0.4) is 0 Å². The molecule has 1 unspecified atom stereocenters. The fourth-order valence-corrected chi connectivity index (χ4v) is 2.72. The lowest BCUT2D eigenvalue weighted by Crippen LogP contribution is -2.46. The standard InChI is InChI=1S/C12H22N2O/c1-9(2)10(3)14-8-13-12(11(14)15)6-4-5-7-12/h9-10,13H,4-8H2,1-3H3. The molecule has 1 saturated carbocycles. The van der Waals surface area contributed by atoms with Crippen molar-refractivity contribution in [2.45, 2.75) is 58.0 Å². The highest BCUT2D eigenvalue weighted by Crippen LogP contribution is 2.35. The van der Waals surface area contributed by atoms with Crippen molar-refractivity contribution in [3.63, 3.8) is 0 Å². The van der Waals surface area contributed by atoms with Crippen molar-refractivity contribution < 1.29 is 4.79 Å². The van der Waals surface area contributed by atoms with E-state index in [1.807, 2.05) is 4.90 Å². The zero-order valence-corrected chi connectivity index (χ0v) is 10.0. The van der Waals surface area contributed by atoms with Gasteiger partial charge >= 0.3 is 0 Å². The van der Waals surface area contributed by atoms with Crippen LogP contribution < -0.4 is 5.32 Å². The van der Waals surface area contributed by atoms with Crippen molar-refractivity contribution in [1.82, 2.24) is 10.2 Å². The van der Waals surface area contributed by atoms with Gasteiger partial charge in [0.2, 0.25) is 5.91 Å². The predicted octanol–water partition coefficient (Wildman–Crippen LogP) is 1.73. The zero-order valence-electron chi connectivity index (χ0n) is 10.0. The van der Waals surface area contributed by atoms with Gasteiger partial charge in [-0.3, -0.25) is 10.1 Å². The van der Waals surface area contributed by atoms with Crippen LogP contribution in [0.15, 0.2) is 0 Å². The van der Waals surface area contributed by atoms with Gasteiger partial charge in [0.1, 0.15) is 0 Å². The summed E-state index contributed by atoms with van der Waals surface area (Å²) in [5.74, 6) is 0.883. The Balaban J connectivity index is 2.10. The highest BCUT2D eigenvalue weighted by molar-refractivity contribution is 5.88. The molecule has 0 aromatic heterocycles. The van der Waals surface area contributed by atoms with E-state index in [9.17, 15) is 4.79 Å². The summed E-state index contributed by atoms with van der Waals surface area (Å²) in [7, 11) is 0. The van der Waals surface area contributed by atoms with Gasteiger partial charge < -0.3 is 4.90 Å². The normalized spacial score (nSPS) is 26.9. The van der Waals surface area contributed by atoms with Crippen LogP contribution in [0.4, 0.5) is 0 Å². The molecular weight excluding hydrogens is 188 g/mol. The summed E-state index contributed by atoms with van der Waals surface area (Å²) >= 11 is 0. The van der Waals surface area contributed by atoms with Gasteiger partial charge in [0.25, 0.3) is 0 Å². The minimum atomic E-state index is -0.177. The molecule has 1 amide bonds. The van der Waals surface area contributed by atoms with E-state index in [1.54, 1.807) is 0 Å². The molecule has 3 nitrogen and oxygen atoms in total. The van der Waals surface area contributed by atoms with Gasteiger partial charge in [-0.15, -0.1) is 0 Å². The van der Waals surface area contributed by atoms with Crippen LogP contribution in [-0.4, -0.2) is 29.1 Å². The first-order valence-corrected chi connectivity index (χ1v) is 6.13. The minimum absolute atomic E-state index is 0.177. The minimum Gasteiger partial charge on any atom is -0.325 e. The van der Waals surface area contributed by atoms with E-state index < -0.39 is 0 Å². The molecule has 15 heavy (non-hydrogen) atoms. The molecule has 2 fully saturated rings. The molecule has 1 N–H and O–H groups in total. The predicted molar refractivity (Wildman–Crippen MR) is 60.3 cm³/mol. The lowest BCUT2D eigenvalue weighted by atomic mass is 9.96. The van der Waals surface area contributed by atoms with E-state index in [2.05, 4.69) is 26.1 Å². The summed E-state index contributed by atoms with van der Waals surface area (Å²) in [6, 6.07) is 0.352. The summed E-state index contributed by atoms with van der Waals surface area (Å²) in [5.41, 5.74) is -0.177. The summed E-state index contributed by atoms with van der Waals surface area (Å²) < 4.78 is 0. The van der Waals surface area contributed by atoms with Gasteiger partial charge in [0.05, 0.1) is 12.2 Å². The van der Waals surface area contributed by atoms with Crippen LogP contribution in [0.25, 0.3) is 0 Å². The first-order chi connectivity index (χ1) is 7.07. The maximum Gasteiger partial charge on any atom is 0.244 e. The first-order valence-electron chi connectivity index (χ1n) is 6.13. The topological polar surface area (TPSA) is 32.3 Å². The second kappa shape index (κ2) is 3.78. The third-order valence-corrected chi connectivity index (χ3v) is 4.17. The second-order valence-electron chi connectivity index (χ2n) is 5.38. The lowest BCUT2D eigenvalue weighted by molar-refractivity contribution is -0.134. The van der Waals surface area contributed by atoms with Crippen LogP contribution >= 0.6 is 0 Å². The van der Waals surface area contributed by atoms with Crippen LogP contribution in [0.1, 0.15) is 46.5 Å². The fourth-order valence-electron chi connectivity index (χ4n) is 2.72. The number of nitrogens with zero attached hydrogens (tertiary/aromatic N) is 1. The molecule has 2 aliphatic rings. The molecule has 1 aliphatic heterocycles. The largest absolute Gasteiger partial charge is 0.325 e. The van der Waals surface area contributed by atoms with E-state index in [-0.39, 0.29) is 5.54 Å². The van der Waals surface area contributed by atoms with E-state index in [0.717, 1.165) is 19.5 Å². The first kappa shape index (κ1) is 10.9. The number of carbonyl (C=O) groups is 1. The number of hydrogen-bond acceptors (Lipinski definition) is 2. The summed E-state index contributed by atoms with van der Waals surface area (Å²) in [6.07, 6.45) is 4.46. The third-order valence-electron chi connectivity index (χ3n) is 4.17. The Morgan fingerprint density at radius 2 is 1.87 bits per heavy atom. The molecule has 0 aromatic rings. The molecule has 1 heterocycles. The smallest absolute Gasteiger partial charge is 0.244 e. The molecule has 1 atom stereocenters. The van der Waals surface area contributed by atoms with Crippen molar-refractivity contribution in [3.05, 3.63) is 0 Å².